The molecule has 0 fully saturated rings. The Morgan fingerprint density at radius 3 is 2.31 bits per heavy atom. The van der Waals surface area contributed by atoms with Crippen LogP contribution >= 0.6 is 0 Å². The maximum absolute atomic E-state index is 12.7. The summed E-state index contributed by atoms with van der Waals surface area (Å²) in [5, 5.41) is 13.5. The third-order valence-electron chi connectivity index (χ3n) is 4.12. The summed E-state index contributed by atoms with van der Waals surface area (Å²) in [7, 11) is 0. The first-order valence-corrected chi connectivity index (χ1v) is 8.78. The Bertz CT molecular complexity index is 1110. The number of nitrogens with zero attached hydrogens (tertiary/aromatic N) is 3. The monoisotopic (exact) mass is 386 g/mol. The molecule has 3 rings (SSSR count). The fraction of sp³-hybridized carbons (Fsp3) is 0.0909. The van der Waals surface area contributed by atoms with Crippen molar-refractivity contribution in [2.75, 3.05) is 6.61 Å². The summed E-state index contributed by atoms with van der Waals surface area (Å²) in [5.74, 6) is -1.37. The number of benzene rings is 2. The molecular formula is C22H18N4O3. The number of Topliss-reactive ketones (excluding diaryl/α,β-unsaturated/α-hetero) is 1. The molecule has 0 aliphatic carbocycles. The Kier molecular flexibility index (Phi) is 5.85. The van der Waals surface area contributed by atoms with Gasteiger partial charge in [0.2, 0.25) is 5.78 Å². The number of rotatable bonds is 6. The number of ether oxygens (including phenoxy) is 1. The largest absolute Gasteiger partial charge is 0.454 e. The van der Waals surface area contributed by atoms with Crippen LogP contribution in [0.4, 0.5) is 0 Å². The third-order valence-corrected chi connectivity index (χ3v) is 4.12. The summed E-state index contributed by atoms with van der Waals surface area (Å²) >= 11 is 0. The van der Waals surface area contributed by atoms with Crippen LogP contribution in [0.1, 0.15) is 17.3 Å². The molecule has 0 spiro atoms. The molecule has 2 aromatic carbocycles. The number of carbonyl (C=O) groups excluding carboxylic acids is 2. The summed E-state index contributed by atoms with van der Waals surface area (Å²) < 4.78 is 6.73. The zero-order chi connectivity index (χ0) is 20.8. The van der Waals surface area contributed by atoms with Gasteiger partial charge in [0, 0.05) is 17.5 Å². The van der Waals surface area contributed by atoms with Crippen LogP contribution in [-0.2, 0) is 9.53 Å². The van der Waals surface area contributed by atoms with Crippen LogP contribution in [0, 0.1) is 11.3 Å². The van der Waals surface area contributed by atoms with E-state index < -0.39 is 18.4 Å². The quantitative estimate of drug-likeness (QED) is 0.396. The molecule has 144 valence electrons. The number of nitrogens with two attached hydrogens (primary N) is 1. The van der Waals surface area contributed by atoms with E-state index >= 15 is 0 Å². The molecule has 2 N–H and O–H groups in total. The fourth-order valence-corrected chi connectivity index (χ4v) is 2.70. The minimum absolute atomic E-state index is 0.0791. The van der Waals surface area contributed by atoms with Crippen molar-refractivity contribution in [1.29, 1.82) is 5.26 Å². The highest BCUT2D eigenvalue weighted by Gasteiger charge is 2.22. The second-order valence-corrected chi connectivity index (χ2v) is 6.21. The molecule has 7 heteroatoms. The van der Waals surface area contributed by atoms with Crippen LogP contribution in [0.15, 0.2) is 78.1 Å². The van der Waals surface area contributed by atoms with E-state index in [9.17, 15) is 9.59 Å². The summed E-state index contributed by atoms with van der Waals surface area (Å²) in [6.45, 7) is 0.858. The van der Waals surface area contributed by atoms with E-state index in [0.717, 1.165) is 11.3 Å². The van der Waals surface area contributed by atoms with Gasteiger partial charge in [-0.2, -0.15) is 10.4 Å². The lowest BCUT2D eigenvalue weighted by Gasteiger charge is -2.05. The molecule has 0 saturated carbocycles. The number of carbonyl (C=O) groups is 2. The van der Waals surface area contributed by atoms with Crippen LogP contribution < -0.4 is 5.73 Å². The summed E-state index contributed by atoms with van der Waals surface area (Å²) in [6, 6.07) is 20.2. The standard InChI is InChI=1S/C22H18N4O3/c1-15(24)18(12-23)20(27)14-29-22(28)19-13-26(17-10-6-3-7-11-17)25-21(19)16-8-4-2-5-9-16/h2-11,13H,14,24H2,1H3/b18-15-. The maximum Gasteiger partial charge on any atom is 0.342 e. The van der Waals surface area contributed by atoms with Crippen molar-refractivity contribution in [2.45, 2.75) is 6.92 Å². The summed E-state index contributed by atoms with van der Waals surface area (Å²) in [5.41, 5.74) is 7.51. The Morgan fingerprint density at radius 2 is 1.72 bits per heavy atom. The molecule has 0 aliphatic rings. The van der Waals surface area contributed by atoms with Gasteiger partial charge in [0.25, 0.3) is 0 Å². The molecule has 0 bridgehead atoms. The lowest BCUT2D eigenvalue weighted by Crippen LogP contribution is -2.17. The topological polar surface area (TPSA) is 111 Å². The normalized spacial score (nSPS) is 11.3. The van der Waals surface area contributed by atoms with Crippen LogP contribution in [0.5, 0.6) is 0 Å². The van der Waals surface area contributed by atoms with E-state index in [1.165, 1.54) is 6.92 Å². The molecule has 0 aliphatic heterocycles. The first-order chi connectivity index (χ1) is 14.0. The minimum Gasteiger partial charge on any atom is -0.454 e. The lowest BCUT2D eigenvalue weighted by molar-refractivity contribution is -0.118. The first-order valence-electron chi connectivity index (χ1n) is 8.78. The Hall–Kier alpha value is -4.18. The number of nitriles is 1. The lowest BCUT2D eigenvalue weighted by atomic mass is 10.1. The minimum atomic E-state index is -0.716. The van der Waals surface area contributed by atoms with E-state index in [1.54, 1.807) is 16.9 Å². The van der Waals surface area contributed by atoms with Gasteiger partial charge in [-0.05, 0) is 19.1 Å². The summed E-state index contributed by atoms with van der Waals surface area (Å²) in [4.78, 5) is 24.8. The Balaban J connectivity index is 1.92. The molecule has 0 radical (unpaired) electrons. The second-order valence-electron chi connectivity index (χ2n) is 6.21. The number of esters is 1. The molecular weight excluding hydrogens is 368 g/mol. The fourth-order valence-electron chi connectivity index (χ4n) is 2.70. The number of allylic oxidation sites excluding steroid dienone is 1. The van der Waals surface area contributed by atoms with Gasteiger partial charge < -0.3 is 10.5 Å². The zero-order valence-electron chi connectivity index (χ0n) is 15.7. The van der Waals surface area contributed by atoms with E-state index in [1.807, 2.05) is 60.7 Å². The highest BCUT2D eigenvalue weighted by atomic mass is 16.5. The molecule has 0 saturated heterocycles. The van der Waals surface area contributed by atoms with Crippen LogP contribution in [0.3, 0.4) is 0 Å². The van der Waals surface area contributed by atoms with Gasteiger partial charge in [-0.1, -0.05) is 48.5 Å². The summed E-state index contributed by atoms with van der Waals surface area (Å²) in [6.07, 6.45) is 1.56. The molecule has 0 amide bonds. The van der Waals surface area contributed by atoms with Crippen molar-refractivity contribution >= 4 is 11.8 Å². The number of para-hydroxylation sites is 1. The van der Waals surface area contributed by atoms with E-state index in [-0.39, 0.29) is 16.8 Å². The van der Waals surface area contributed by atoms with Crippen molar-refractivity contribution in [3.05, 3.63) is 83.7 Å². The highest BCUT2D eigenvalue weighted by molar-refractivity contribution is 6.03. The molecule has 29 heavy (non-hydrogen) atoms. The van der Waals surface area contributed by atoms with Gasteiger partial charge >= 0.3 is 5.97 Å². The molecule has 0 atom stereocenters. The SMILES string of the molecule is C/C(N)=C(\C#N)C(=O)COC(=O)c1cn(-c2ccccc2)nc1-c1ccccc1. The predicted octanol–water partition coefficient (Wildman–Crippen LogP) is 3.02. The first kappa shape index (κ1) is 19.6. The van der Waals surface area contributed by atoms with Crippen LogP contribution in [0.2, 0.25) is 0 Å². The van der Waals surface area contributed by atoms with Gasteiger partial charge in [0.05, 0.1) is 5.69 Å². The number of hydrogen-bond acceptors (Lipinski definition) is 6. The number of ketones is 1. The number of aromatic nitrogens is 2. The van der Waals surface area contributed by atoms with Crippen molar-refractivity contribution in [1.82, 2.24) is 9.78 Å². The van der Waals surface area contributed by atoms with E-state index in [4.69, 9.17) is 15.7 Å². The molecule has 0 unspecified atom stereocenters. The molecule has 7 nitrogen and oxygen atoms in total. The van der Waals surface area contributed by atoms with Gasteiger partial charge in [0.15, 0.2) is 6.61 Å². The average Bonchev–Trinajstić information content (AvgIpc) is 3.19. The predicted molar refractivity (Wildman–Crippen MR) is 107 cm³/mol. The van der Waals surface area contributed by atoms with Gasteiger partial charge in [-0.15, -0.1) is 0 Å². The van der Waals surface area contributed by atoms with Crippen LogP contribution in [-0.4, -0.2) is 28.1 Å². The van der Waals surface area contributed by atoms with Gasteiger partial charge in [-0.3, -0.25) is 4.79 Å². The van der Waals surface area contributed by atoms with Crippen molar-refractivity contribution in [2.24, 2.45) is 5.73 Å². The number of hydrogen-bond donors (Lipinski definition) is 1. The molecule has 1 heterocycles. The zero-order valence-corrected chi connectivity index (χ0v) is 15.7. The van der Waals surface area contributed by atoms with E-state index in [2.05, 4.69) is 5.10 Å². The highest BCUT2D eigenvalue weighted by Crippen LogP contribution is 2.24. The van der Waals surface area contributed by atoms with E-state index in [0.29, 0.717) is 5.69 Å². The van der Waals surface area contributed by atoms with Crippen molar-refractivity contribution in [3.63, 3.8) is 0 Å². The molecule has 1 aromatic heterocycles. The Morgan fingerprint density at radius 1 is 1.10 bits per heavy atom. The van der Waals surface area contributed by atoms with Gasteiger partial charge in [0.1, 0.15) is 22.9 Å². The Labute approximate surface area is 167 Å². The van der Waals surface area contributed by atoms with Crippen molar-refractivity contribution in [3.8, 4) is 23.0 Å². The maximum atomic E-state index is 12.7. The smallest absolute Gasteiger partial charge is 0.342 e. The average molecular weight is 386 g/mol. The van der Waals surface area contributed by atoms with Gasteiger partial charge in [-0.25, -0.2) is 9.48 Å². The second kappa shape index (κ2) is 8.67. The third kappa shape index (κ3) is 4.39. The molecule has 3 aromatic rings. The van der Waals surface area contributed by atoms with Crippen molar-refractivity contribution < 1.29 is 14.3 Å². The van der Waals surface area contributed by atoms with Crippen LogP contribution in [0.25, 0.3) is 16.9 Å².